The number of hydrogen-bond acceptors (Lipinski definition) is 3. The number of hydrogen-bond donors (Lipinski definition) is 3. The van der Waals surface area contributed by atoms with Gasteiger partial charge in [-0.25, -0.2) is 0 Å². The van der Waals surface area contributed by atoms with Crippen LogP contribution in [-0.2, 0) is 19.5 Å². The van der Waals surface area contributed by atoms with Crippen LogP contribution in [0.25, 0.3) is 0 Å². The van der Waals surface area contributed by atoms with Crippen LogP contribution in [0.15, 0.2) is 0 Å². The molecule has 0 bridgehead atoms. The summed E-state index contributed by atoms with van der Waals surface area (Å²) in [5, 5.41) is 3.03. The van der Waals surface area contributed by atoms with Crippen molar-refractivity contribution in [3.8, 4) is 0 Å². The minimum absolute atomic E-state index is 0. The predicted octanol–water partition coefficient (Wildman–Crippen LogP) is -1.51. The van der Waals surface area contributed by atoms with Gasteiger partial charge in [0, 0.05) is 26.2 Å². The summed E-state index contributed by atoms with van der Waals surface area (Å²) < 4.78 is 0. The van der Waals surface area contributed by atoms with Gasteiger partial charge in [0.15, 0.2) is 0 Å². The molecule has 0 spiro atoms. The van der Waals surface area contributed by atoms with E-state index in [1.54, 1.807) is 0 Å². The van der Waals surface area contributed by atoms with E-state index in [0.29, 0.717) is 13.1 Å². The Balaban J connectivity index is 0. The summed E-state index contributed by atoms with van der Waals surface area (Å²) in [6.45, 7) is 3.13. The second-order valence-corrected chi connectivity index (χ2v) is 1.33. The summed E-state index contributed by atoms with van der Waals surface area (Å²) in [6, 6.07) is 0. The third kappa shape index (κ3) is 9.71. The summed E-state index contributed by atoms with van der Waals surface area (Å²) in [4.78, 5) is 0. The molecule has 0 fully saturated rings. The van der Waals surface area contributed by atoms with Crippen molar-refractivity contribution in [3.63, 3.8) is 0 Å². The van der Waals surface area contributed by atoms with E-state index in [1.807, 2.05) is 0 Å². The minimum atomic E-state index is 0. The fourth-order valence-corrected chi connectivity index (χ4v) is 0.329. The first-order valence-electron chi connectivity index (χ1n) is 2.52. The van der Waals surface area contributed by atoms with E-state index in [2.05, 4.69) is 5.32 Å². The van der Waals surface area contributed by atoms with Gasteiger partial charge < -0.3 is 16.8 Å². The number of nitrogens with two attached hydrogens (primary N) is 2. The van der Waals surface area contributed by atoms with Gasteiger partial charge in [0.1, 0.15) is 0 Å². The smallest absolute Gasteiger partial charge is 0.329 e. The van der Waals surface area contributed by atoms with Crippen molar-refractivity contribution in [2.75, 3.05) is 26.2 Å². The number of nitrogens with one attached hydrogen (secondary N) is 1. The van der Waals surface area contributed by atoms with Gasteiger partial charge in [0.05, 0.1) is 0 Å². The molecule has 0 radical (unpaired) electrons. The average Bonchev–Trinajstić information content (AvgIpc) is 1.69. The zero-order chi connectivity index (χ0) is 5.54. The number of rotatable bonds is 4. The zero-order valence-corrected chi connectivity index (χ0v) is 8.16. The summed E-state index contributed by atoms with van der Waals surface area (Å²) in [6.07, 6.45) is 0. The zero-order valence-electron chi connectivity index (χ0n) is 5.19. The third-order valence-electron chi connectivity index (χ3n) is 0.642. The van der Waals surface area contributed by atoms with E-state index in [9.17, 15) is 0 Å². The maximum absolute atomic E-state index is 5.17. The van der Waals surface area contributed by atoms with Crippen LogP contribution in [-0.4, -0.2) is 26.2 Å². The van der Waals surface area contributed by atoms with Gasteiger partial charge in [-0.2, -0.15) is 0 Å². The normalized spacial score (nSPS) is 8.25. The molecule has 0 amide bonds. The predicted molar refractivity (Wildman–Crippen MR) is 31.0 cm³/mol. The van der Waals surface area contributed by atoms with Gasteiger partial charge in [-0.15, -0.1) is 0 Å². The molecular weight excluding hydrogens is 155 g/mol. The molecule has 44 valence electrons. The van der Waals surface area contributed by atoms with Gasteiger partial charge in [-0.1, -0.05) is 0 Å². The molecule has 0 saturated carbocycles. The van der Waals surface area contributed by atoms with Crippen LogP contribution < -0.4 is 16.8 Å². The topological polar surface area (TPSA) is 64.1 Å². The van der Waals surface area contributed by atoms with Crippen molar-refractivity contribution >= 4 is 0 Å². The Morgan fingerprint density at radius 1 is 1.00 bits per heavy atom. The summed E-state index contributed by atoms with van der Waals surface area (Å²) in [7, 11) is 0. The third-order valence-corrected chi connectivity index (χ3v) is 0.642. The van der Waals surface area contributed by atoms with Crippen LogP contribution in [0.2, 0.25) is 0 Å². The molecule has 0 aliphatic heterocycles. The molecule has 0 aromatic rings. The first-order chi connectivity index (χ1) is 3.41. The molecule has 0 aromatic carbocycles. The van der Waals surface area contributed by atoms with Crippen LogP contribution in [0.4, 0.5) is 0 Å². The molecule has 4 heteroatoms. The van der Waals surface area contributed by atoms with Crippen molar-refractivity contribution in [2.24, 2.45) is 11.5 Å². The Hall–Kier alpha value is 0.503. The second kappa shape index (κ2) is 10.5. The summed E-state index contributed by atoms with van der Waals surface area (Å²) >= 11 is 0. The Bertz CT molecular complexity index is 30.5. The Kier molecular flexibility index (Phi) is 14.8. The van der Waals surface area contributed by atoms with Gasteiger partial charge in [0.25, 0.3) is 0 Å². The van der Waals surface area contributed by atoms with Gasteiger partial charge >= 0.3 is 19.5 Å². The molecule has 8 heavy (non-hydrogen) atoms. The van der Waals surface area contributed by atoms with Crippen molar-refractivity contribution in [1.82, 2.24) is 5.32 Å². The van der Waals surface area contributed by atoms with Gasteiger partial charge in [-0.3, -0.25) is 0 Å². The molecule has 0 atom stereocenters. The molecule has 3 nitrogen and oxygen atoms in total. The van der Waals surface area contributed by atoms with E-state index in [0.717, 1.165) is 13.1 Å². The Morgan fingerprint density at radius 3 is 1.62 bits per heavy atom. The Labute approximate surface area is 62.9 Å². The van der Waals surface area contributed by atoms with E-state index >= 15 is 0 Å². The Morgan fingerprint density at radius 2 is 1.38 bits per heavy atom. The van der Waals surface area contributed by atoms with Gasteiger partial charge in [0.2, 0.25) is 0 Å². The SMILES string of the molecule is NCCNCCN.[Zn+2]. The van der Waals surface area contributed by atoms with Crippen molar-refractivity contribution in [3.05, 3.63) is 0 Å². The molecule has 0 aliphatic rings. The van der Waals surface area contributed by atoms with E-state index in [-0.39, 0.29) is 19.5 Å². The van der Waals surface area contributed by atoms with Crippen LogP contribution in [0.1, 0.15) is 0 Å². The van der Waals surface area contributed by atoms with E-state index in [1.165, 1.54) is 0 Å². The minimum Gasteiger partial charge on any atom is -0.329 e. The fraction of sp³-hybridized carbons (Fsp3) is 1.00. The maximum Gasteiger partial charge on any atom is 2.00 e. The van der Waals surface area contributed by atoms with Crippen LogP contribution >= 0.6 is 0 Å². The average molecular weight is 169 g/mol. The molecule has 0 unspecified atom stereocenters. The standard InChI is InChI=1S/C4H13N3.Zn/c5-1-3-7-4-2-6;/h7H,1-6H2;/q;+2. The molecule has 0 saturated heterocycles. The molecule has 0 aromatic heterocycles. The summed E-state index contributed by atoms with van der Waals surface area (Å²) in [5.41, 5.74) is 10.3. The quantitative estimate of drug-likeness (QED) is 0.353. The largest absolute Gasteiger partial charge is 2.00 e. The van der Waals surface area contributed by atoms with Crippen molar-refractivity contribution < 1.29 is 19.5 Å². The van der Waals surface area contributed by atoms with Crippen molar-refractivity contribution in [2.45, 2.75) is 0 Å². The second-order valence-electron chi connectivity index (χ2n) is 1.33. The van der Waals surface area contributed by atoms with Crippen LogP contribution in [0, 0.1) is 0 Å². The fourth-order valence-electron chi connectivity index (χ4n) is 0.329. The monoisotopic (exact) mass is 167 g/mol. The van der Waals surface area contributed by atoms with Crippen LogP contribution in [0.3, 0.4) is 0 Å². The molecule has 5 N–H and O–H groups in total. The molecule has 0 heterocycles. The first kappa shape index (κ1) is 11.3. The molecule has 0 rings (SSSR count). The molecule has 0 aliphatic carbocycles. The molecular formula is C4H13N3Zn+2. The van der Waals surface area contributed by atoms with E-state index in [4.69, 9.17) is 11.5 Å². The maximum atomic E-state index is 5.17. The van der Waals surface area contributed by atoms with E-state index < -0.39 is 0 Å². The van der Waals surface area contributed by atoms with Crippen LogP contribution in [0.5, 0.6) is 0 Å². The van der Waals surface area contributed by atoms with Gasteiger partial charge in [-0.05, 0) is 0 Å². The summed E-state index contributed by atoms with van der Waals surface area (Å²) in [5.74, 6) is 0. The van der Waals surface area contributed by atoms with Crippen molar-refractivity contribution in [1.29, 1.82) is 0 Å². The first-order valence-corrected chi connectivity index (χ1v) is 2.52.